The van der Waals surface area contributed by atoms with Crippen LogP contribution in [-0.2, 0) is 9.47 Å². The number of aliphatic hydroxyl groups excluding tert-OH is 4. The third-order valence-corrected chi connectivity index (χ3v) is 13.5. The van der Waals surface area contributed by atoms with Crippen molar-refractivity contribution in [3.05, 3.63) is 11.6 Å². The maximum atomic E-state index is 10.5. The molecule has 3 saturated carbocycles. The van der Waals surface area contributed by atoms with Crippen LogP contribution in [0.2, 0.25) is 0 Å². The van der Waals surface area contributed by atoms with Gasteiger partial charge in [-0.1, -0.05) is 66.0 Å². The maximum absolute atomic E-state index is 10.5. The predicted molar refractivity (Wildman–Crippen MR) is 161 cm³/mol. The first kappa shape index (κ1) is 31.9. The average molecular weight is 577 g/mol. The summed E-state index contributed by atoms with van der Waals surface area (Å²) in [4.78, 5) is 0. The Kier molecular flexibility index (Phi) is 9.71. The Hall–Kier alpha value is -0.500. The van der Waals surface area contributed by atoms with Crippen molar-refractivity contribution in [1.82, 2.24) is 0 Å². The van der Waals surface area contributed by atoms with Crippen LogP contribution in [0.3, 0.4) is 0 Å². The fourth-order valence-corrected chi connectivity index (χ4v) is 10.8. The Labute approximate surface area is 249 Å². The molecule has 1 saturated heterocycles. The highest BCUT2D eigenvalue weighted by Crippen LogP contribution is 2.67. The normalized spacial score (nSPS) is 47.7. The van der Waals surface area contributed by atoms with Crippen LogP contribution in [0.4, 0.5) is 0 Å². The number of allylic oxidation sites excluding steroid dienone is 1. The molecule has 4 N–H and O–H groups in total. The molecule has 1 unspecified atom stereocenters. The number of ether oxygens (including phenoxy) is 2. The summed E-state index contributed by atoms with van der Waals surface area (Å²) in [6.45, 7) is 14.5. The fraction of sp³-hybridized carbons (Fsp3) is 0.943. The van der Waals surface area contributed by atoms with E-state index in [-0.39, 0.29) is 11.5 Å². The number of fused-ring (bicyclic) bond motifs is 5. The van der Waals surface area contributed by atoms with Crippen LogP contribution in [0.25, 0.3) is 0 Å². The predicted octanol–water partition coefficient (Wildman–Crippen LogP) is 5.85. The highest BCUT2D eigenvalue weighted by molar-refractivity contribution is 5.25. The second-order valence-electron chi connectivity index (χ2n) is 15.7. The number of aliphatic hydroxyl groups is 4. The van der Waals surface area contributed by atoms with E-state index in [1.54, 1.807) is 0 Å². The Morgan fingerprint density at radius 2 is 1.71 bits per heavy atom. The monoisotopic (exact) mass is 576 g/mol. The number of hydrogen-bond donors (Lipinski definition) is 4. The first-order valence-electron chi connectivity index (χ1n) is 17.1. The lowest BCUT2D eigenvalue weighted by atomic mass is 9.47. The first-order chi connectivity index (χ1) is 19.4. The lowest BCUT2D eigenvalue weighted by molar-refractivity contribution is -0.313. The molecule has 41 heavy (non-hydrogen) atoms. The van der Waals surface area contributed by atoms with Gasteiger partial charge in [-0.3, -0.25) is 0 Å². The third-order valence-electron chi connectivity index (χ3n) is 13.5. The molecular weight excluding hydrogens is 516 g/mol. The Morgan fingerprint density at radius 1 is 0.951 bits per heavy atom. The summed E-state index contributed by atoms with van der Waals surface area (Å²) >= 11 is 0. The molecular formula is C35H60O6. The van der Waals surface area contributed by atoms with Gasteiger partial charge in [0, 0.05) is 0 Å². The molecule has 0 bridgehead atoms. The molecule has 0 aromatic rings. The molecule has 1 heterocycles. The minimum Gasteiger partial charge on any atom is -0.394 e. The zero-order valence-electron chi connectivity index (χ0n) is 26.7. The molecule has 4 aliphatic carbocycles. The van der Waals surface area contributed by atoms with Crippen molar-refractivity contribution in [3.8, 4) is 0 Å². The molecule has 0 aromatic heterocycles. The summed E-state index contributed by atoms with van der Waals surface area (Å²) in [6, 6.07) is 0. The quantitative estimate of drug-likeness (QED) is 0.257. The molecule has 1 aliphatic heterocycles. The molecule has 6 heteroatoms. The first-order valence-corrected chi connectivity index (χ1v) is 17.1. The molecule has 5 rings (SSSR count). The lowest BCUT2D eigenvalue weighted by Crippen LogP contribution is -2.60. The summed E-state index contributed by atoms with van der Waals surface area (Å²) in [7, 11) is 0. The topological polar surface area (TPSA) is 99.4 Å². The van der Waals surface area contributed by atoms with E-state index in [9.17, 15) is 20.4 Å². The number of rotatable bonds is 9. The molecule has 6 nitrogen and oxygen atoms in total. The Morgan fingerprint density at radius 3 is 2.39 bits per heavy atom. The highest BCUT2D eigenvalue weighted by Gasteiger charge is 2.59. The zero-order valence-corrected chi connectivity index (χ0v) is 26.7. The molecule has 0 spiro atoms. The third kappa shape index (κ3) is 5.73. The second kappa shape index (κ2) is 12.5. The molecule has 14 atom stereocenters. The second-order valence-corrected chi connectivity index (χ2v) is 15.7. The van der Waals surface area contributed by atoms with E-state index in [1.165, 1.54) is 56.9 Å². The van der Waals surface area contributed by atoms with Gasteiger partial charge in [-0.05, 0) is 110 Å². The van der Waals surface area contributed by atoms with E-state index in [2.05, 4.69) is 47.6 Å². The lowest BCUT2D eigenvalue weighted by Gasteiger charge is -2.58. The number of hydrogen-bond acceptors (Lipinski definition) is 6. The summed E-state index contributed by atoms with van der Waals surface area (Å²) < 4.78 is 11.9. The van der Waals surface area contributed by atoms with Gasteiger partial charge >= 0.3 is 0 Å². The van der Waals surface area contributed by atoms with E-state index in [0.29, 0.717) is 5.41 Å². The van der Waals surface area contributed by atoms with Crippen molar-refractivity contribution in [2.75, 3.05) is 6.61 Å². The molecule has 236 valence electrons. The molecule has 0 amide bonds. The van der Waals surface area contributed by atoms with Crippen LogP contribution in [0.1, 0.15) is 112 Å². The van der Waals surface area contributed by atoms with E-state index in [4.69, 9.17) is 9.47 Å². The van der Waals surface area contributed by atoms with Crippen LogP contribution >= 0.6 is 0 Å². The van der Waals surface area contributed by atoms with E-state index >= 15 is 0 Å². The van der Waals surface area contributed by atoms with Crippen molar-refractivity contribution in [2.24, 2.45) is 52.3 Å². The Balaban J connectivity index is 1.24. The van der Waals surface area contributed by atoms with Gasteiger partial charge in [-0.15, -0.1) is 0 Å². The standard InChI is InChI=1S/C35H60O6/c1-7-22(20(2)3)9-8-21(4)26-12-13-27-25-11-10-23-18-24(14-16-34(23,5)28(25)15-17-35(26,27)6)40-33-32(39)31(38)30(37)29(19-36)41-33/h10,20-22,24-33,36-39H,7-9,11-19H2,1-6H3/t21-,22-,24+,25+,26-,27+,28+,29-,30-,31+,32-,33?,34+,35-/m1/s1. The van der Waals surface area contributed by atoms with Crippen LogP contribution in [0.5, 0.6) is 0 Å². The van der Waals surface area contributed by atoms with E-state index in [0.717, 1.165) is 60.7 Å². The summed E-state index contributed by atoms with van der Waals surface area (Å²) in [5.41, 5.74) is 2.19. The van der Waals surface area contributed by atoms with Crippen LogP contribution in [-0.4, -0.2) is 63.8 Å². The van der Waals surface area contributed by atoms with Crippen molar-refractivity contribution < 1.29 is 29.9 Å². The van der Waals surface area contributed by atoms with Crippen LogP contribution < -0.4 is 0 Å². The molecule has 4 fully saturated rings. The highest BCUT2D eigenvalue weighted by atomic mass is 16.7. The van der Waals surface area contributed by atoms with Gasteiger partial charge in [0.05, 0.1) is 12.7 Å². The summed E-state index contributed by atoms with van der Waals surface area (Å²) in [5, 5.41) is 40.4. The molecule has 5 aliphatic rings. The van der Waals surface area contributed by atoms with Gasteiger partial charge in [-0.25, -0.2) is 0 Å². The summed E-state index contributed by atoms with van der Waals surface area (Å²) in [5.74, 6) is 5.66. The van der Waals surface area contributed by atoms with Crippen molar-refractivity contribution in [1.29, 1.82) is 0 Å². The summed E-state index contributed by atoms with van der Waals surface area (Å²) in [6.07, 6.45) is 9.92. The van der Waals surface area contributed by atoms with Gasteiger partial charge in [0.15, 0.2) is 6.29 Å². The van der Waals surface area contributed by atoms with Gasteiger partial charge < -0.3 is 29.9 Å². The van der Waals surface area contributed by atoms with Crippen molar-refractivity contribution in [3.63, 3.8) is 0 Å². The Bertz CT molecular complexity index is 918. The van der Waals surface area contributed by atoms with Crippen LogP contribution in [0.15, 0.2) is 11.6 Å². The van der Waals surface area contributed by atoms with Crippen LogP contribution in [0, 0.1) is 52.3 Å². The minimum absolute atomic E-state index is 0.101. The van der Waals surface area contributed by atoms with Gasteiger partial charge in [0.2, 0.25) is 0 Å². The average Bonchev–Trinajstić information content (AvgIpc) is 3.30. The smallest absolute Gasteiger partial charge is 0.186 e. The van der Waals surface area contributed by atoms with Crippen molar-refractivity contribution >= 4 is 0 Å². The zero-order chi connectivity index (χ0) is 29.7. The SMILES string of the molecule is CC[C@H](CC[C@@H](C)[C@H]1CC[C@H]2[C@@H]3CC=C4C[C@@H](OC5O[C@H](CO)[C@@H](O)[C@H](O)[C@H]5O)CC[C@]4(C)[C@H]3CC[C@]12C)C(C)C. The van der Waals surface area contributed by atoms with Gasteiger partial charge in [0.25, 0.3) is 0 Å². The molecule has 0 aromatic carbocycles. The fourth-order valence-electron chi connectivity index (χ4n) is 10.8. The van der Waals surface area contributed by atoms with Gasteiger partial charge in [0.1, 0.15) is 24.4 Å². The molecule has 0 radical (unpaired) electrons. The largest absolute Gasteiger partial charge is 0.394 e. The van der Waals surface area contributed by atoms with Crippen molar-refractivity contribution in [2.45, 2.75) is 149 Å². The van der Waals surface area contributed by atoms with E-state index in [1.807, 2.05) is 0 Å². The maximum Gasteiger partial charge on any atom is 0.186 e. The van der Waals surface area contributed by atoms with E-state index < -0.39 is 37.3 Å². The van der Waals surface area contributed by atoms with Gasteiger partial charge in [-0.2, -0.15) is 0 Å². The minimum atomic E-state index is -1.40.